The highest BCUT2D eigenvalue weighted by molar-refractivity contribution is 6.83. The van der Waals surface area contributed by atoms with Crippen LogP contribution >= 0.6 is 0 Å². The van der Waals surface area contributed by atoms with E-state index in [0.717, 1.165) is 0 Å². The first-order valence-electron chi connectivity index (χ1n) is 4.98. The lowest BCUT2D eigenvalue weighted by Crippen LogP contribution is -2.25. The fraction of sp³-hybridized carbons (Fsp3) is 0.500. The minimum Gasteiger partial charge on any atom is -0.102 e. The van der Waals surface area contributed by atoms with Gasteiger partial charge in [0.15, 0.2) is 0 Å². The average molecular weight is 192 g/mol. The van der Waals surface area contributed by atoms with Gasteiger partial charge in [-0.05, 0) is 5.92 Å². The summed E-state index contributed by atoms with van der Waals surface area (Å²) in [6, 6.07) is 0. The summed E-state index contributed by atoms with van der Waals surface area (Å²) in [6.45, 7) is 13.3. The van der Waals surface area contributed by atoms with Gasteiger partial charge in [-0.3, -0.25) is 0 Å². The van der Waals surface area contributed by atoms with Crippen molar-refractivity contribution in [3.05, 3.63) is 36.1 Å². The lowest BCUT2D eigenvalue weighted by atomic mass is 9.90. The van der Waals surface area contributed by atoms with Gasteiger partial charge in [-0.25, -0.2) is 0 Å². The van der Waals surface area contributed by atoms with Crippen molar-refractivity contribution < 1.29 is 0 Å². The minimum absolute atomic E-state index is 0.542. The Kier molecular flexibility index (Phi) is 2.97. The molecule has 0 saturated carbocycles. The number of hydrogen-bond donors (Lipinski definition) is 0. The molecule has 0 fully saturated rings. The first-order valence-corrected chi connectivity index (χ1v) is 8.48. The summed E-state index contributed by atoms with van der Waals surface area (Å²) in [4.78, 5) is 0. The van der Waals surface area contributed by atoms with Gasteiger partial charge in [-0.15, -0.1) is 6.58 Å². The maximum atomic E-state index is 3.85. The van der Waals surface area contributed by atoms with Crippen LogP contribution in [0.15, 0.2) is 36.1 Å². The monoisotopic (exact) mass is 192 g/mol. The van der Waals surface area contributed by atoms with E-state index in [0.29, 0.717) is 11.8 Å². The maximum Gasteiger partial charge on any atom is 0.0771 e. The van der Waals surface area contributed by atoms with Crippen LogP contribution < -0.4 is 0 Å². The molecule has 0 N–H and O–H groups in total. The Balaban J connectivity index is 2.85. The SMILES string of the molecule is C=CC1C=CC([Si](C)(C)C)=CC1C. The second-order valence-electron chi connectivity index (χ2n) is 4.90. The largest absolute Gasteiger partial charge is 0.102 e. The average Bonchev–Trinajstić information content (AvgIpc) is 2.02. The smallest absolute Gasteiger partial charge is 0.0771 e. The summed E-state index contributed by atoms with van der Waals surface area (Å²) >= 11 is 0. The predicted molar refractivity (Wildman–Crippen MR) is 63.4 cm³/mol. The van der Waals surface area contributed by atoms with Crippen LogP contribution in [0.3, 0.4) is 0 Å². The number of rotatable bonds is 2. The zero-order chi connectivity index (χ0) is 10.1. The first kappa shape index (κ1) is 10.5. The predicted octanol–water partition coefficient (Wildman–Crippen LogP) is 3.80. The molecule has 0 heterocycles. The highest BCUT2D eigenvalue weighted by Gasteiger charge is 2.22. The lowest BCUT2D eigenvalue weighted by molar-refractivity contribution is 0.604. The molecule has 13 heavy (non-hydrogen) atoms. The summed E-state index contributed by atoms with van der Waals surface area (Å²) in [5.41, 5.74) is 0. The normalized spacial score (nSPS) is 28.5. The third-order valence-corrected chi connectivity index (χ3v) is 4.75. The van der Waals surface area contributed by atoms with Crippen molar-refractivity contribution in [2.24, 2.45) is 11.8 Å². The van der Waals surface area contributed by atoms with Crippen molar-refractivity contribution in [3.8, 4) is 0 Å². The van der Waals surface area contributed by atoms with Crippen LogP contribution in [0.1, 0.15) is 6.92 Å². The van der Waals surface area contributed by atoms with Gasteiger partial charge in [0, 0.05) is 5.92 Å². The van der Waals surface area contributed by atoms with Gasteiger partial charge in [0.2, 0.25) is 0 Å². The van der Waals surface area contributed by atoms with E-state index in [-0.39, 0.29) is 0 Å². The van der Waals surface area contributed by atoms with Crippen molar-refractivity contribution >= 4 is 8.07 Å². The second-order valence-corrected chi connectivity index (χ2v) is 9.98. The molecule has 0 spiro atoms. The molecule has 72 valence electrons. The van der Waals surface area contributed by atoms with Crippen LogP contribution in [0.4, 0.5) is 0 Å². The van der Waals surface area contributed by atoms with Crippen LogP contribution in [-0.4, -0.2) is 8.07 Å². The topological polar surface area (TPSA) is 0 Å². The Morgan fingerprint density at radius 2 is 2.00 bits per heavy atom. The highest BCUT2D eigenvalue weighted by atomic mass is 28.3. The van der Waals surface area contributed by atoms with Crippen LogP contribution in [0.2, 0.25) is 19.6 Å². The zero-order valence-corrected chi connectivity index (χ0v) is 10.2. The van der Waals surface area contributed by atoms with E-state index in [1.54, 1.807) is 5.20 Å². The third-order valence-electron chi connectivity index (χ3n) is 2.69. The molecule has 1 aliphatic rings. The van der Waals surface area contributed by atoms with E-state index in [9.17, 15) is 0 Å². The molecule has 1 heteroatoms. The molecular weight excluding hydrogens is 172 g/mol. The molecule has 0 bridgehead atoms. The number of allylic oxidation sites excluding steroid dienone is 5. The third kappa shape index (κ3) is 2.44. The van der Waals surface area contributed by atoms with Gasteiger partial charge in [0.05, 0.1) is 8.07 Å². The maximum absolute atomic E-state index is 3.85. The molecule has 0 amide bonds. The van der Waals surface area contributed by atoms with Gasteiger partial charge in [-0.2, -0.15) is 0 Å². The molecule has 0 radical (unpaired) electrons. The van der Waals surface area contributed by atoms with Crippen LogP contribution in [0, 0.1) is 11.8 Å². The molecule has 2 atom stereocenters. The van der Waals surface area contributed by atoms with E-state index >= 15 is 0 Å². The quantitative estimate of drug-likeness (QED) is 0.461. The second kappa shape index (κ2) is 3.67. The van der Waals surface area contributed by atoms with E-state index < -0.39 is 8.07 Å². The Morgan fingerprint density at radius 1 is 1.38 bits per heavy atom. The summed E-state index contributed by atoms with van der Waals surface area (Å²) in [5.74, 6) is 1.17. The fourth-order valence-electron chi connectivity index (χ4n) is 1.63. The first-order chi connectivity index (χ1) is 5.95. The summed E-state index contributed by atoms with van der Waals surface area (Å²) < 4.78 is 0. The van der Waals surface area contributed by atoms with Gasteiger partial charge >= 0.3 is 0 Å². The Bertz CT molecular complexity index is 253. The Morgan fingerprint density at radius 3 is 2.38 bits per heavy atom. The van der Waals surface area contributed by atoms with Gasteiger partial charge in [0.1, 0.15) is 0 Å². The van der Waals surface area contributed by atoms with E-state index in [1.807, 2.05) is 6.08 Å². The van der Waals surface area contributed by atoms with Gasteiger partial charge in [0.25, 0.3) is 0 Å². The highest BCUT2D eigenvalue weighted by Crippen LogP contribution is 2.28. The minimum atomic E-state index is -1.10. The van der Waals surface area contributed by atoms with Gasteiger partial charge in [-0.1, -0.05) is 56.1 Å². The summed E-state index contributed by atoms with van der Waals surface area (Å²) in [6.07, 6.45) is 9.07. The molecule has 1 aliphatic carbocycles. The molecule has 0 nitrogen and oxygen atoms in total. The standard InChI is InChI=1S/C12H20Si/c1-6-11-7-8-12(9-10(11)2)13(3,4)5/h6-11H,1H2,2-5H3. The summed E-state index contributed by atoms with van der Waals surface area (Å²) in [5, 5.41) is 1.58. The van der Waals surface area contributed by atoms with E-state index in [2.05, 4.69) is 51.4 Å². The van der Waals surface area contributed by atoms with E-state index in [1.165, 1.54) is 0 Å². The van der Waals surface area contributed by atoms with Crippen molar-refractivity contribution in [3.63, 3.8) is 0 Å². The van der Waals surface area contributed by atoms with Gasteiger partial charge < -0.3 is 0 Å². The molecule has 0 aliphatic heterocycles. The lowest BCUT2D eigenvalue weighted by Gasteiger charge is -2.26. The van der Waals surface area contributed by atoms with Crippen LogP contribution in [0.5, 0.6) is 0 Å². The van der Waals surface area contributed by atoms with Crippen molar-refractivity contribution in [1.82, 2.24) is 0 Å². The molecule has 1 rings (SSSR count). The Hall–Kier alpha value is -0.563. The van der Waals surface area contributed by atoms with Crippen molar-refractivity contribution in [2.75, 3.05) is 0 Å². The number of hydrogen-bond acceptors (Lipinski definition) is 0. The molecule has 0 aromatic rings. The molecular formula is C12H20Si. The molecule has 0 aromatic carbocycles. The van der Waals surface area contributed by atoms with Crippen molar-refractivity contribution in [1.29, 1.82) is 0 Å². The Labute approximate surface area is 83.1 Å². The zero-order valence-electron chi connectivity index (χ0n) is 9.17. The molecule has 0 aromatic heterocycles. The van der Waals surface area contributed by atoms with Crippen molar-refractivity contribution in [2.45, 2.75) is 26.6 Å². The van der Waals surface area contributed by atoms with Crippen LogP contribution in [0.25, 0.3) is 0 Å². The summed E-state index contributed by atoms with van der Waals surface area (Å²) in [7, 11) is -1.10. The molecule has 2 unspecified atom stereocenters. The fourth-order valence-corrected chi connectivity index (χ4v) is 2.99. The van der Waals surface area contributed by atoms with Crippen LogP contribution in [-0.2, 0) is 0 Å². The van der Waals surface area contributed by atoms with E-state index in [4.69, 9.17) is 0 Å². The molecule has 0 saturated heterocycles.